The zero-order valence-corrected chi connectivity index (χ0v) is 9.70. The third kappa shape index (κ3) is 2.76. The van der Waals surface area contributed by atoms with E-state index in [9.17, 15) is 0 Å². The Kier molecular flexibility index (Phi) is 3.54. The highest BCUT2D eigenvalue weighted by molar-refractivity contribution is 14.1. The van der Waals surface area contributed by atoms with Crippen molar-refractivity contribution < 1.29 is 0 Å². The van der Waals surface area contributed by atoms with Crippen LogP contribution in [0.5, 0.6) is 0 Å². The second-order valence-corrected chi connectivity index (χ2v) is 4.13. The van der Waals surface area contributed by atoms with Gasteiger partial charge in [-0.05, 0) is 53.0 Å². The third-order valence-corrected chi connectivity index (χ3v) is 2.83. The Balaban J connectivity index is 2.89. The molecule has 0 aliphatic carbocycles. The lowest BCUT2D eigenvalue weighted by Crippen LogP contribution is -2.18. The Hall–Kier alpha value is -0.0700. The Morgan fingerprint density at radius 3 is 2.75 bits per heavy atom. The Labute approximate surface area is 94.6 Å². The lowest BCUT2D eigenvalue weighted by molar-refractivity contribution is 1.58. The van der Waals surface area contributed by atoms with Gasteiger partial charge in [0.25, 0.3) is 0 Å². The molecule has 0 heterocycles. The maximum absolute atomic E-state index is 5.82. The highest BCUT2D eigenvalue weighted by Gasteiger charge is 1.98. The molecule has 0 aromatic heterocycles. The zero-order chi connectivity index (χ0) is 9.14. The van der Waals surface area contributed by atoms with Gasteiger partial charge in [-0.1, -0.05) is 11.6 Å². The fourth-order valence-electron chi connectivity index (χ4n) is 0.716. The Bertz CT molecular complexity index is 316. The van der Waals surface area contributed by atoms with Crippen LogP contribution >= 0.6 is 46.4 Å². The van der Waals surface area contributed by atoms with Crippen LogP contribution in [0.15, 0.2) is 18.2 Å². The van der Waals surface area contributed by atoms with E-state index in [4.69, 9.17) is 17.3 Å². The van der Waals surface area contributed by atoms with E-state index < -0.39 is 0 Å². The van der Waals surface area contributed by atoms with E-state index in [1.165, 1.54) is 0 Å². The minimum Gasteiger partial charge on any atom is -0.376 e. The molecule has 0 unspecified atom stereocenters. The largest absolute Gasteiger partial charge is 0.376 e. The van der Waals surface area contributed by atoms with Crippen LogP contribution < -0.4 is 11.1 Å². The van der Waals surface area contributed by atoms with Gasteiger partial charge in [0.1, 0.15) is 0 Å². The summed E-state index contributed by atoms with van der Waals surface area (Å²) in [4.78, 5) is 0. The summed E-state index contributed by atoms with van der Waals surface area (Å²) < 4.78 is 0.968. The van der Waals surface area contributed by atoms with Gasteiger partial charge in [0.2, 0.25) is 0 Å². The van der Waals surface area contributed by atoms with Gasteiger partial charge >= 0.3 is 0 Å². The van der Waals surface area contributed by atoms with E-state index in [0.717, 1.165) is 14.3 Å². The van der Waals surface area contributed by atoms with Gasteiger partial charge in [0, 0.05) is 9.26 Å². The molecular weight excluding hydrogens is 307 g/mol. The number of hydrogen-bond acceptors (Lipinski definition) is 1. The van der Waals surface area contributed by atoms with Crippen LogP contribution in [0.2, 0.25) is 5.02 Å². The molecule has 0 fully saturated rings. The number of halogens is 2. The van der Waals surface area contributed by atoms with Crippen LogP contribution in [0.25, 0.3) is 0 Å². The smallest absolute Gasteiger partial charge is 0.168 e. The molecule has 5 heteroatoms. The molecule has 1 aromatic carbocycles. The molecule has 64 valence electrons. The van der Waals surface area contributed by atoms with Gasteiger partial charge in [-0.3, -0.25) is 0 Å². The van der Waals surface area contributed by atoms with E-state index in [-0.39, 0.29) is 5.11 Å². The van der Waals surface area contributed by atoms with Crippen LogP contribution in [0.3, 0.4) is 0 Å². The normalized spacial score (nSPS) is 9.50. The van der Waals surface area contributed by atoms with Gasteiger partial charge in [0.15, 0.2) is 5.11 Å². The van der Waals surface area contributed by atoms with Crippen LogP contribution in [0, 0.1) is 3.57 Å². The summed E-state index contributed by atoms with van der Waals surface area (Å²) in [7, 11) is 0. The van der Waals surface area contributed by atoms with E-state index in [1.807, 2.05) is 12.1 Å². The molecule has 0 spiro atoms. The van der Waals surface area contributed by atoms with E-state index in [2.05, 4.69) is 40.1 Å². The SMILES string of the molecule is NC(=S)Nc1ccc(Cl)c(I)c1. The first-order valence-electron chi connectivity index (χ1n) is 3.11. The fourth-order valence-corrected chi connectivity index (χ4v) is 1.47. The van der Waals surface area contributed by atoms with Gasteiger partial charge in [0.05, 0.1) is 5.02 Å². The minimum atomic E-state index is 0.258. The van der Waals surface area contributed by atoms with Crippen molar-refractivity contribution >= 4 is 57.2 Å². The molecular formula is C7H6ClIN2S. The van der Waals surface area contributed by atoms with Crippen molar-refractivity contribution in [3.05, 3.63) is 26.8 Å². The average molecular weight is 313 g/mol. The standard InChI is InChI=1S/C7H6ClIN2S/c8-5-2-1-4(3-6(5)9)11-7(10)12/h1-3H,(H3,10,11,12). The van der Waals surface area contributed by atoms with Crippen LogP contribution in [0.4, 0.5) is 5.69 Å². The molecule has 0 bridgehead atoms. The van der Waals surface area contributed by atoms with Crippen molar-refractivity contribution in [2.75, 3.05) is 5.32 Å². The van der Waals surface area contributed by atoms with Gasteiger partial charge < -0.3 is 11.1 Å². The summed E-state index contributed by atoms with van der Waals surface area (Å²) in [6.07, 6.45) is 0. The lowest BCUT2D eigenvalue weighted by Gasteiger charge is -2.04. The Morgan fingerprint density at radius 2 is 2.25 bits per heavy atom. The van der Waals surface area contributed by atoms with Crippen molar-refractivity contribution in [1.29, 1.82) is 0 Å². The molecule has 1 aromatic rings. The van der Waals surface area contributed by atoms with Crippen LogP contribution in [-0.4, -0.2) is 5.11 Å². The molecule has 0 amide bonds. The number of benzene rings is 1. The second-order valence-electron chi connectivity index (χ2n) is 2.12. The molecule has 2 nitrogen and oxygen atoms in total. The molecule has 0 aliphatic heterocycles. The first-order chi connectivity index (χ1) is 5.59. The maximum Gasteiger partial charge on any atom is 0.168 e. The Morgan fingerprint density at radius 1 is 1.58 bits per heavy atom. The number of thiocarbonyl (C=S) groups is 1. The van der Waals surface area contributed by atoms with Crippen LogP contribution in [-0.2, 0) is 0 Å². The van der Waals surface area contributed by atoms with Gasteiger partial charge in [-0.25, -0.2) is 0 Å². The fraction of sp³-hybridized carbons (Fsp3) is 0. The second kappa shape index (κ2) is 4.25. The summed E-state index contributed by atoms with van der Waals surface area (Å²) in [6.45, 7) is 0. The molecule has 0 aliphatic rings. The van der Waals surface area contributed by atoms with Crippen molar-refractivity contribution in [2.24, 2.45) is 5.73 Å². The van der Waals surface area contributed by atoms with Crippen molar-refractivity contribution in [2.45, 2.75) is 0 Å². The summed E-state index contributed by atoms with van der Waals surface area (Å²) in [6, 6.07) is 5.50. The van der Waals surface area contributed by atoms with Crippen molar-refractivity contribution in [3.63, 3.8) is 0 Å². The minimum absolute atomic E-state index is 0.258. The predicted molar refractivity (Wildman–Crippen MR) is 64.6 cm³/mol. The van der Waals surface area contributed by atoms with Gasteiger partial charge in [-0.2, -0.15) is 0 Å². The molecule has 0 radical (unpaired) electrons. The summed E-state index contributed by atoms with van der Waals surface area (Å²) in [5.41, 5.74) is 6.16. The predicted octanol–water partition coefficient (Wildman–Crippen LogP) is 2.60. The third-order valence-electron chi connectivity index (χ3n) is 1.19. The first kappa shape index (κ1) is 10.0. The zero-order valence-electron chi connectivity index (χ0n) is 5.97. The van der Waals surface area contributed by atoms with Crippen molar-refractivity contribution in [3.8, 4) is 0 Å². The summed E-state index contributed by atoms with van der Waals surface area (Å²) >= 11 is 12.6. The summed E-state index contributed by atoms with van der Waals surface area (Å²) in [5, 5.41) is 3.80. The molecule has 3 N–H and O–H groups in total. The average Bonchev–Trinajstić information content (AvgIpc) is 1.96. The van der Waals surface area contributed by atoms with E-state index in [1.54, 1.807) is 6.07 Å². The number of anilines is 1. The first-order valence-corrected chi connectivity index (χ1v) is 4.97. The topological polar surface area (TPSA) is 38.0 Å². The van der Waals surface area contributed by atoms with E-state index in [0.29, 0.717) is 0 Å². The van der Waals surface area contributed by atoms with Crippen molar-refractivity contribution in [1.82, 2.24) is 0 Å². The quantitative estimate of drug-likeness (QED) is 0.618. The maximum atomic E-state index is 5.82. The summed E-state index contributed by atoms with van der Waals surface area (Å²) in [5.74, 6) is 0. The number of rotatable bonds is 1. The number of nitrogens with one attached hydrogen (secondary N) is 1. The molecule has 0 saturated heterocycles. The number of nitrogens with two attached hydrogens (primary N) is 1. The molecule has 0 atom stereocenters. The monoisotopic (exact) mass is 312 g/mol. The molecule has 12 heavy (non-hydrogen) atoms. The molecule has 1 rings (SSSR count). The number of hydrogen-bond donors (Lipinski definition) is 2. The highest BCUT2D eigenvalue weighted by Crippen LogP contribution is 2.21. The highest BCUT2D eigenvalue weighted by atomic mass is 127. The van der Waals surface area contributed by atoms with Gasteiger partial charge in [-0.15, -0.1) is 0 Å². The molecule has 0 saturated carbocycles. The lowest BCUT2D eigenvalue weighted by atomic mass is 10.3. The van der Waals surface area contributed by atoms with Crippen LogP contribution in [0.1, 0.15) is 0 Å². The van der Waals surface area contributed by atoms with E-state index >= 15 is 0 Å².